The van der Waals surface area contributed by atoms with Gasteiger partial charge in [-0.15, -0.1) is 11.8 Å². The molecule has 1 atom stereocenters. The van der Waals surface area contributed by atoms with Crippen molar-refractivity contribution < 1.29 is 9.90 Å². The van der Waals surface area contributed by atoms with E-state index in [-0.39, 0.29) is 12.5 Å². The lowest BCUT2D eigenvalue weighted by molar-refractivity contribution is -0.131. The highest BCUT2D eigenvalue weighted by Gasteiger charge is 2.20. The van der Waals surface area contributed by atoms with Gasteiger partial charge in [0.2, 0.25) is 5.91 Å². The van der Waals surface area contributed by atoms with E-state index in [1.165, 1.54) is 0 Å². The Hall–Kier alpha value is -0.220. The number of aliphatic hydroxyl groups excluding tert-OH is 1. The minimum Gasteiger partial charge on any atom is -0.396 e. The van der Waals surface area contributed by atoms with E-state index in [1.54, 1.807) is 11.8 Å². The minimum atomic E-state index is 0.214. The van der Waals surface area contributed by atoms with Crippen LogP contribution in [-0.4, -0.2) is 46.6 Å². The average molecular weight is 203 g/mol. The van der Waals surface area contributed by atoms with E-state index in [9.17, 15) is 4.79 Å². The largest absolute Gasteiger partial charge is 0.396 e. The Morgan fingerprint density at radius 1 is 1.62 bits per heavy atom. The van der Waals surface area contributed by atoms with Crippen molar-refractivity contribution in [3.05, 3.63) is 0 Å². The van der Waals surface area contributed by atoms with Gasteiger partial charge in [-0.2, -0.15) is 0 Å². The third-order valence-corrected chi connectivity index (χ3v) is 3.45. The van der Waals surface area contributed by atoms with Crippen molar-refractivity contribution in [1.82, 2.24) is 4.90 Å². The molecule has 1 fully saturated rings. The van der Waals surface area contributed by atoms with E-state index < -0.39 is 0 Å². The molecule has 0 aromatic carbocycles. The van der Waals surface area contributed by atoms with Gasteiger partial charge in [-0.1, -0.05) is 6.92 Å². The van der Waals surface area contributed by atoms with Crippen LogP contribution in [0, 0.1) is 0 Å². The van der Waals surface area contributed by atoms with E-state index in [2.05, 4.69) is 0 Å². The highest BCUT2D eigenvalue weighted by molar-refractivity contribution is 8.00. The molecular weight excluding hydrogens is 186 g/mol. The third-order valence-electron chi connectivity index (χ3n) is 2.24. The molecule has 1 unspecified atom stereocenters. The number of nitrogens with zero attached hydrogens (tertiary/aromatic N) is 1. The molecule has 1 saturated heterocycles. The zero-order chi connectivity index (χ0) is 9.68. The Morgan fingerprint density at radius 2 is 2.31 bits per heavy atom. The van der Waals surface area contributed by atoms with Gasteiger partial charge >= 0.3 is 0 Å². The summed E-state index contributed by atoms with van der Waals surface area (Å²) < 4.78 is 0. The van der Waals surface area contributed by atoms with Gasteiger partial charge in [0.15, 0.2) is 0 Å². The number of hydrogen-bond acceptors (Lipinski definition) is 3. The van der Waals surface area contributed by atoms with Crippen LogP contribution in [-0.2, 0) is 4.79 Å². The molecule has 13 heavy (non-hydrogen) atoms. The van der Waals surface area contributed by atoms with Crippen molar-refractivity contribution in [1.29, 1.82) is 0 Å². The first kappa shape index (κ1) is 10.9. The zero-order valence-electron chi connectivity index (χ0n) is 8.03. The van der Waals surface area contributed by atoms with Crippen LogP contribution >= 0.6 is 11.8 Å². The third kappa shape index (κ3) is 3.56. The van der Waals surface area contributed by atoms with Crippen LogP contribution in [0.5, 0.6) is 0 Å². The van der Waals surface area contributed by atoms with Crippen LogP contribution in [0.2, 0.25) is 0 Å². The molecule has 1 amide bonds. The molecule has 76 valence electrons. The maximum Gasteiger partial charge on any atom is 0.232 e. The molecule has 0 saturated carbocycles. The van der Waals surface area contributed by atoms with Crippen LogP contribution in [0.1, 0.15) is 19.8 Å². The number of thioether (sulfide) groups is 1. The number of amides is 1. The summed E-state index contributed by atoms with van der Waals surface area (Å²) in [4.78, 5) is 13.3. The Kier molecular flexibility index (Phi) is 4.59. The first-order valence-electron chi connectivity index (χ1n) is 4.74. The van der Waals surface area contributed by atoms with Gasteiger partial charge in [0.25, 0.3) is 0 Å². The molecule has 0 aromatic rings. The summed E-state index contributed by atoms with van der Waals surface area (Å²) in [6.07, 6.45) is 1.93. The quantitative estimate of drug-likeness (QED) is 0.716. The van der Waals surface area contributed by atoms with E-state index in [0.29, 0.717) is 11.0 Å². The first-order chi connectivity index (χ1) is 6.24. The summed E-state index contributed by atoms with van der Waals surface area (Å²) in [5, 5.41) is 9.04. The van der Waals surface area contributed by atoms with Gasteiger partial charge in [0.05, 0.1) is 5.75 Å². The summed E-state index contributed by atoms with van der Waals surface area (Å²) in [5.74, 6) is 0.822. The van der Waals surface area contributed by atoms with Crippen molar-refractivity contribution in [3.8, 4) is 0 Å². The van der Waals surface area contributed by atoms with Gasteiger partial charge < -0.3 is 10.0 Å². The summed E-state index contributed by atoms with van der Waals surface area (Å²) in [5.41, 5.74) is 0. The second-order valence-electron chi connectivity index (χ2n) is 3.37. The monoisotopic (exact) mass is 203 g/mol. The number of rotatable bonds is 5. The van der Waals surface area contributed by atoms with E-state index in [1.807, 2.05) is 11.8 Å². The molecule has 0 aromatic heterocycles. The molecule has 4 heteroatoms. The Balaban J connectivity index is 2.06. The second kappa shape index (κ2) is 5.50. The predicted molar refractivity (Wildman–Crippen MR) is 54.8 cm³/mol. The predicted octanol–water partition coefficient (Wildman–Crippen LogP) is 0.723. The topological polar surface area (TPSA) is 40.5 Å². The number of hydrogen-bond donors (Lipinski definition) is 1. The van der Waals surface area contributed by atoms with E-state index in [0.717, 1.165) is 25.9 Å². The molecule has 1 N–H and O–H groups in total. The van der Waals surface area contributed by atoms with Crippen LogP contribution < -0.4 is 0 Å². The molecule has 0 bridgehead atoms. The summed E-state index contributed by atoms with van der Waals surface area (Å²) in [6.45, 7) is 4.14. The number of likely N-dealkylation sites (tertiary alicyclic amines) is 1. The minimum absolute atomic E-state index is 0.214. The number of aliphatic hydroxyl groups is 1. The van der Waals surface area contributed by atoms with Gasteiger partial charge in [0, 0.05) is 24.9 Å². The molecule has 0 radical (unpaired) electrons. The maximum absolute atomic E-state index is 11.4. The van der Waals surface area contributed by atoms with Crippen LogP contribution in [0.3, 0.4) is 0 Å². The van der Waals surface area contributed by atoms with Crippen LogP contribution in [0.4, 0.5) is 0 Å². The average Bonchev–Trinajstić information content (AvgIpc) is 1.98. The molecule has 1 aliphatic rings. The van der Waals surface area contributed by atoms with E-state index in [4.69, 9.17) is 5.11 Å². The highest BCUT2D eigenvalue weighted by Crippen LogP contribution is 2.16. The molecule has 0 aliphatic carbocycles. The van der Waals surface area contributed by atoms with Gasteiger partial charge in [-0.25, -0.2) is 0 Å². The summed E-state index contributed by atoms with van der Waals surface area (Å²) >= 11 is 1.64. The van der Waals surface area contributed by atoms with Gasteiger partial charge in [0.1, 0.15) is 0 Å². The van der Waals surface area contributed by atoms with Crippen molar-refractivity contribution >= 4 is 17.7 Å². The maximum atomic E-state index is 11.4. The van der Waals surface area contributed by atoms with Crippen LogP contribution in [0.25, 0.3) is 0 Å². The Bertz CT molecular complexity index is 171. The van der Waals surface area contributed by atoms with Crippen LogP contribution in [0.15, 0.2) is 0 Å². The molecular formula is C9H17NO2S. The molecule has 1 aliphatic heterocycles. The number of carbonyl (C=O) groups is 1. The number of carbonyl (C=O) groups excluding carboxylic acids is 1. The Morgan fingerprint density at radius 3 is 2.77 bits per heavy atom. The molecule has 1 rings (SSSR count). The standard InChI is InChI=1S/C9H17NO2S/c1-8(3-6-11)13-7-9(12)10-4-2-5-10/h8,11H,2-7H2,1H3. The zero-order valence-corrected chi connectivity index (χ0v) is 8.85. The van der Waals surface area contributed by atoms with E-state index >= 15 is 0 Å². The Labute approximate surface area is 83.5 Å². The van der Waals surface area contributed by atoms with Crippen molar-refractivity contribution in [2.24, 2.45) is 0 Å². The molecule has 3 nitrogen and oxygen atoms in total. The molecule has 0 spiro atoms. The van der Waals surface area contributed by atoms with Crippen molar-refractivity contribution in [2.75, 3.05) is 25.4 Å². The fraction of sp³-hybridized carbons (Fsp3) is 0.889. The fourth-order valence-corrected chi connectivity index (χ4v) is 2.02. The lowest BCUT2D eigenvalue weighted by atomic mass is 10.2. The lowest BCUT2D eigenvalue weighted by Gasteiger charge is -2.31. The highest BCUT2D eigenvalue weighted by atomic mass is 32.2. The van der Waals surface area contributed by atoms with Crippen molar-refractivity contribution in [3.63, 3.8) is 0 Å². The van der Waals surface area contributed by atoms with Gasteiger partial charge in [-0.3, -0.25) is 4.79 Å². The lowest BCUT2D eigenvalue weighted by Crippen LogP contribution is -2.43. The fourth-order valence-electron chi connectivity index (χ4n) is 1.14. The summed E-state index contributed by atoms with van der Waals surface area (Å²) in [6, 6.07) is 0. The second-order valence-corrected chi connectivity index (χ2v) is 4.79. The summed E-state index contributed by atoms with van der Waals surface area (Å²) in [7, 11) is 0. The van der Waals surface area contributed by atoms with Gasteiger partial charge in [-0.05, 0) is 12.8 Å². The SMILES string of the molecule is CC(CCO)SCC(=O)N1CCC1. The van der Waals surface area contributed by atoms with Crippen molar-refractivity contribution in [2.45, 2.75) is 25.0 Å². The smallest absolute Gasteiger partial charge is 0.232 e. The first-order valence-corrected chi connectivity index (χ1v) is 5.79. The normalized spacial score (nSPS) is 18.2. The molecule has 1 heterocycles.